The van der Waals surface area contributed by atoms with Crippen LogP contribution >= 0.6 is 11.6 Å². The van der Waals surface area contributed by atoms with Gasteiger partial charge in [0.1, 0.15) is 11.6 Å². The number of carbonyl (C=O) groups is 1. The molecule has 0 atom stereocenters. The molecule has 0 aliphatic rings. The summed E-state index contributed by atoms with van der Waals surface area (Å²) in [5.74, 6) is -1.24. The SMILES string of the molecule is N#C/C(=C\c1cccn1-c1ccc(Cl)cc1)C(=O)O. The number of carboxylic acid groups (broad SMARTS) is 1. The maximum atomic E-state index is 10.8. The average molecular weight is 273 g/mol. The van der Waals surface area contributed by atoms with Gasteiger partial charge in [-0.05, 0) is 42.5 Å². The summed E-state index contributed by atoms with van der Waals surface area (Å²) in [6.07, 6.45) is 3.11. The number of benzene rings is 1. The van der Waals surface area contributed by atoms with Gasteiger partial charge in [0.15, 0.2) is 0 Å². The molecule has 2 rings (SSSR count). The van der Waals surface area contributed by atoms with Crippen molar-refractivity contribution in [1.29, 1.82) is 5.26 Å². The third-order valence-electron chi connectivity index (χ3n) is 2.53. The first-order valence-corrected chi connectivity index (χ1v) is 5.78. The predicted molar refractivity (Wildman–Crippen MR) is 72.0 cm³/mol. The maximum Gasteiger partial charge on any atom is 0.346 e. The minimum atomic E-state index is -1.24. The Labute approximate surface area is 114 Å². The molecule has 1 heterocycles. The van der Waals surface area contributed by atoms with Gasteiger partial charge in [-0.1, -0.05) is 11.6 Å². The van der Waals surface area contributed by atoms with Gasteiger partial charge in [-0.3, -0.25) is 0 Å². The van der Waals surface area contributed by atoms with Gasteiger partial charge < -0.3 is 9.67 Å². The minimum absolute atomic E-state index is 0.311. The number of nitrogens with zero attached hydrogens (tertiary/aromatic N) is 2. The molecule has 0 saturated heterocycles. The van der Waals surface area contributed by atoms with Crippen LogP contribution in [0, 0.1) is 11.3 Å². The highest BCUT2D eigenvalue weighted by Crippen LogP contribution is 2.18. The van der Waals surface area contributed by atoms with Crippen LogP contribution in [0.1, 0.15) is 5.69 Å². The molecule has 0 aliphatic heterocycles. The Balaban J connectivity index is 2.46. The molecule has 0 spiro atoms. The van der Waals surface area contributed by atoms with E-state index in [2.05, 4.69) is 0 Å². The number of carboxylic acids is 1. The van der Waals surface area contributed by atoms with Crippen molar-refractivity contribution in [2.45, 2.75) is 0 Å². The van der Waals surface area contributed by atoms with Crippen LogP contribution in [0.2, 0.25) is 5.02 Å². The fourth-order valence-corrected chi connectivity index (χ4v) is 1.76. The monoisotopic (exact) mass is 272 g/mol. The molecular formula is C14H9ClN2O2. The largest absolute Gasteiger partial charge is 0.477 e. The van der Waals surface area contributed by atoms with Crippen LogP contribution in [-0.2, 0) is 4.79 Å². The number of hydrogen-bond acceptors (Lipinski definition) is 2. The Morgan fingerprint density at radius 2 is 2.00 bits per heavy atom. The highest BCUT2D eigenvalue weighted by molar-refractivity contribution is 6.30. The van der Waals surface area contributed by atoms with E-state index in [1.807, 2.05) is 12.1 Å². The van der Waals surface area contributed by atoms with Crippen molar-refractivity contribution in [1.82, 2.24) is 4.57 Å². The summed E-state index contributed by atoms with van der Waals surface area (Å²) >= 11 is 5.82. The van der Waals surface area contributed by atoms with Crippen molar-refractivity contribution in [2.75, 3.05) is 0 Å². The lowest BCUT2D eigenvalue weighted by atomic mass is 10.2. The van der Waals surface area contributed by atoms with Crippen molar-refractivity contribution in [3.63, 3.8) is 0 Å². The lowest BCUT2D eigenvalue weighted by Crippen LogP contribution is -2.00. The number of nitriles is 1. The topological polar surface area (TPSA) is 66.0 Å². The molecule has 0 fully saturated rings. The van der Waals surface area contributed by atoms with Crippen molar-refractivity contribution in [2.24, 2.45) is 0 Å². The summed E-state index contributed by atoms with van der Waals surface area (Å²) in [6, 6.07) is 12.3. The zero-order valence-electron chi connectivity index (χ0n) is 9.75. The lowest BCUT2D eigenvalue weighted by molar-refractivity contribution is -0.132. The Morgan fingerprint density at radius 1 is 1.32 bits per heavy atom. The average Bonchev–Trinajstić information content (AvgIpc) is 2.84. The van der Waals surface area contributed by atoms with Crippen LogP contribution in [-0.4, -0.2) is 15.6 Å². The normalized spacial score (nSPS) is 11.1. The second-order valence-corrected chi connectivity index (χ2v) is 4.19. The van der Waals surface area contributed by atoms with E-state index in [9.17, 15) is 4.79 Å². The number of aromatic nitrogens is 1. The lowest BCUT2D eigenvalue weighted by Gasteiger charge is -2.06. The van der Waals surface area contributed by atoms with Crippen LogP contribution in [0.5, 0.6) is 0 Å². The van der Waals surface area contributed by atoms with Gasteiger partial charge in [0, 0.05) is 22.6 Å². The number of rotatable bonds is 3. The van der Waals surface area contributed by atoms with E-state index < -0.39 is 5.97 Å². The standard InChI is InChI=1S/C14H9ClN2O2/c15-11-3-5-12(6-4-11)17-7-1-2-13(17)8-10(9-16)14(18)19/h1-8H,(H,18,19)/b10-8+. The summed E-state index contributed by atoms with van der Waals surface area (Å²) in [4.78, 5) is 10.8. The Kier molecular flexibility index (Phi) is 3.69. The second-order valence-electron chi connectivity index (χ2n) is 3.75. The summed E-state index contributed by atoms with van der Waals surface area (Å²) < 4.78 is 1.77. The van der Waals surface area contributed by atoms with Gasteiger partial charge in [-0.25, -0.2) is 4.79 Å². The first kappa shape index (κ1) is 12.9. The first-order valence-electron chi connectivity index (χ1n) is 5.40. The molecule has 0 radical (unpaired) electrons. The van der Waals surface area contributed by atoms with Crippen LogP contribution in [0.25, 0.3) is 11.8 Å². The molecule has 0 unspecified atom stereocenters. The highest BCUT2D eigenvalue weighted by atomic mass is 35.5. The third-order valence-corrected chi connectivity index (χ3v) is 2.78. The van der Waals surface area contributed by atoms with Gasteiger partial charge >= 0.3 is 5.97 Å². The molecule has 0 amide bonds. The molecular weight excluding hydrogens is 264 g/mol. The molecule has 0 bridgehead atoms. The van der Waals surface area contributed by atoms with E-state index in [0.29, 0.717) is 10.7 Å². The number of aliphatic carboxylic acids is 1. The van der Waals surface area contributed by atoms with E-state index in [-0.39, 0.29) is 5.57 Å². The first-order chi connectivity index (χ1) is 9.11. The van der Waals surface area contributed by atoms with Gasteiger partial charge in [0.2, 0.25) is 0 Å². The van der Waals surface area contributed by atoms with Gasteiger partial charge in [0.25, 0.3) is 0 Å². The quantitative estimate of drug-likeness (QED) is 0.689. The minimum Gasteiger partial charge on any atom is -0.477 e. The smallest absolute Gasteiger partial charge is 0.346 e. The van der Waals surface area contributed by atoms with E-state index in [1.54, 1.807) is 41.1 Å². The summed E-state index contributed by atoms with van der Waals surface area (Å²) in [5, 5.41) is 18.2. The summed E-state index contributed by atoms with van der Waals surface area (Å²) in [7, 11) is 0. The van der Waals surface area contributed by atoms with Crippen LogP contribution in [0.15, 0.2) is 48.2 Å². The zero-order valence-corrected chi connectivity index (χ0v) is 10.5. The van der Waals surface area contributed by atoms with Crippen LogP contribution < -0.4 is 0 Å². The Bertz CT molecular complexity index is 678. The molecule has 1 aromatic heterocycles. The van der Waals surface area contributed by atoms with Gasteiger partial charge in [0.05, 0.1) is 0 Å². The van der Waals surface area contributed by atoms with E-state index in [4.69, 9.17) is 22.0 Å². The number of hydrogen-bond donors (Lipinski definition) is 1. The van der Waals surface area contributed by atoms with Crippen LogP contribution in [0.4, 0.5) is 0 Å². The molecule has 1 N–H and O–H groups in total. The molecule has 5 heteroatoms. The predicted octanol–water partition coefficient (Wildman–Crippen LogP) is 3.12. The highest BCUT2D eigenvalue weighted by Gasteiger charge is 2.08. The molecule has 0 saturated carbocycles. The van der Waals surface area contributed by atoms with Crippen molar-refractivity contribution in [3.8, 4) is 11.8 Å². The van der Waals surface area contributed by atoms with Crippen molar-refractivity contribution >= 4 is 23.6 Å². The molecule has 2 aromatic rings. The molecule has 4 nitrogen and oxygen atoms in total. The fraction of sp³-hybridized carbons (Fsp3) is 0. The molecule has 94 valence electrons. The van der Waals surface area contributed by atoms with E-state index >= 15 is 0 Å². The fourth-order valence-electron chi connectivity index (χ4n) is 1.64. The van der Waals surface area contributed by atoms with Crippen LogP contribution in [0.3, 0.4) is 0 Å². The molecule has 1 aromatic carbocycles. The molecule has 19 heavy (non-hydrogen) atoms. The van der Waals surface area contributed by atoms with E-state index in [0.717, 1.165) is 5.69 Å². The summed E-state index contributed by atoms with van der Waals surface area (Å²) in [6.45, 7) is 0. The number of halogens is 1. The summed E-state index contributed by atoms with van der Waals surface area (Å²) in [5.41, 5.74) is 1.14. The van der Waals surface area contributed by atoms with Gasteiger partial charge in [-0.2, -0.15) is 5.26 Å². The van der Waals surface area contributed by atoms with Crippen molar-refractivity contribution in [3.05, 3.63) is 58.9 Å². The third kappa shape index (κ3) is 2.84. The zero-order chi connectivity index (χ0) is 13.8. The Hall–Kier alpha value is -2.51. The second kappa shape index (κ2) is 5.42. The molecule has 0 aliphatic carbocycles. The maximum absolute atomic E-state index is 10.8. The Morgan fingerprint density at radius 3 is 2.58 bits per heavy atom. The van der Waals surface area contributed by atoms with E-state index in [1.165, 1.54) is 6.08 Å². The van der Waals surface area contributed by atoms with Gasteiger partial charge in [-0.15, -0.1) is 0 Å². The van der Waals surface area contributed by atoms with Crippen molar-refractivity contribution < 1.29 is 9.90 Å².